The Kier molecular flexibility index (Phi) is 4.22. The van der Waals surface area contributed by atoms with E-state index in [4.69, 9.17) is 4.74 Å². The van der Waals surface area contributed by atoms with Gasteiger partial charge in [-0.05, 0) is 38.1 Å². The average molecular weight is 342 g/mol. The van der Waals surface area contributed by atoms with Crippen LogP contribution in [-0.4, -0.2) is 21.8 Å². The van der Waals surface area contributed by atoms with E-state index in [0.717, 1.165) is 33.9 Å². The summed E-state index contributed by atoms with van der Waals surface area (Å²) in [6.07, 6.45) is 1.03. The molecule has 0 bridgehead atoms. The molecule has 0 aliphatic heterocycles. The van der Waals surface area contributed by atoms with Crippen molar-refractivity contribution in [2.24, 2.45) is 0 Å². The topological polar surface area (TPSA) is 43.6 Å². The van der Waals surface area contributed by atoms with Crippen molar-refractivity contribution in [3.8, 4) is 17.0 Å². The SMILES string of the molecule is CC(C)Oc1ccc(-c2nc3scc(C(C)(C)C)n3c2C=O)cc1. The fourth-order valence-corrected chi connectivity index (χ4v) is 3.80. The minimum absolute atomic E-state index is 0.0526. The first-order valence-electron chi connectivity index (χ1n) is 8.04. The number of imidazole rings is 1. The molecule has 2 heterocycles. The number of ether oxygens (including phenoxy) is 1. The van der Waals surface area contributed by atoms with Gasteiger partial charge in [0.2, 0.25) is 0 Å². The normalized spacial score (nSPS) is 12.1. The maximum absolute atomic E-state index is 11.8. The number of rotatable bonds is 4. The standard InChI is InChI=1S/C19H22N2O2S/c1-12(2)23-14-8-6-13(7-9-14)17-15(10-22)21-16(19(3,4)5)11-24-18(21)20-17/h6-12H,1-5H3. The van der Waals surface area contributed by atoms with Crippen LogP contribution in [0.2, 0.25) is 0 Å². The highest BCUT2D eigenvalue weighted by molar-refractivity contribution is 7.15. The van der Waals surface area contributed by atoms with E-state index in [2.05, 4.69) is 31.1 Å². The Morgan fingerprint density at radius 2 is 1.88 bits per heavy atom. The van der Waals surface area contributed by atoms with Gasteiger partial charge in [0, 0.05) is 22.1 Å². The van der Waals surface area contributed by atoms with Gasteiger partial charge in [-0.1, -0.05) is 20.8 Å². The zero-order chi connectivity index (χ0) is 17.5. The summed E-state index contributed by atoms with van der Waals surface area (Å²) in [6, 6.07) is 7.74. The predicted octanol–water partition coefficient (Wildman–Crippen LogP) is 4.96. The molecule has 0 fully saturated rings. The highest BCUT2D eigenvalue weighted by atomic mass is 32.1. The molecule has 126 valence electrons. The van der Waals surface area contributed by atoms with Crippen molar-refractivity contribution in [1.82, 2.24) is 9.38 Å². The fraction of sp³-hybridized carbons (Fsp3) is 0.368. The fourth-order valence-electron chi connectivity index (χ4n) is 2.68. The lowest BCUT2D eigenvalue weighted by molar-refractivity contribution is 0.111. The third kappa shape index (κ3) is 2.96. The summed E-state index contributed by atoms with van der Waals surface area (Å²) >= 11 is 1.57. The Morgan fingerprint density at radius 3 is 2.42 bits per heavy atom. The van der Waals surface area contributed by atoms with Crippen LogP contribution >= 0.6 is 11.3 Å². The maximum Gasteiger partial charge on any atom is 0.195 e. The van der Waals surface area contributed by atoms with Crippen molar-refractivity contribution in [2.45, 2.75) is 46.1 Å². The van der Waals surface area contributed by atoms with Crippen molar-refractivity contribution in [3.63, 3.8) is 0 Å². The van der Waals surface area contributed by atoms with Crippen molar-refractivity contribution in [2.75, 3.05) is 0 Å². The van der Waals surface area contributed by atoms with Gasteiger partial charge in [0.05, 0.1) is 6.10 Å². The van der Waals surface area contributed by atoms with Gasteiger partial charge >= 0.3 is 0 Å². The maximum atomic E-state index is 11.8. The van der Waals surface area contributed by atoms with E-state index in [1.165, 1.54) is 0 Å². The van der Waals surface area contributed by atoms with E-state index in [0.29, 0.717) is 5.69 Å². The van der Waals surface area contributed by atoms with Crippen LogP contribution in [0.5, 0.6) is 5.75 Å². The number of aromatic nitrogens is 2. The summed E-state index contributed by atoms with van der Waals surface area (Å²) in [5.41, 5.74) is 3.29. The molecule has 0 unspecified atom stereocenters. The first-order chi connectivity index (χ1) is 11.3. The van der Waals surface area contributed by atoms with E-state index >= 15 is 0 Å². The van der Waals surface area contributed by atoms with Crippen LogP contribution in [0.25, 0.3) is 16.2 Å². The largest absolute Gasteiger partial charge is 0.491 e. The van der Waals surface area contributed by atoms with Crippen molar-refractivity contribution < 1.29 is 9.53 Å². The summed E-state index contributed by atoms with van der Waals surface area (Å²) < 4.78 is 7.65. The Bertz CT molecular complexity index is 867. The summed E-state index contributed by atoms with van der Waals surface area (Å²) in [7, 11) is 0. The van der Waals surface area contributed by atoms with Gasteiger partial charge in [-0.3, -0.25) is 9.20 Å². The molecule has 0 saturated carbocycles. The van der Waals surface area contributed by atoms with Gasteiger partial charge in [-0.25, -0.2) is 4.98 Å². The average Bonchev–Trinajstić information content (AvgIpc) is 3.04. The number of nitrogens with zero attached hydrogens (tertiary/aromatic N) is 2. The van der Waals surface area contributed by atoms with E-state index < -0.39 is 0 Å². The monoisotopic (exact) mass is 342 g/mol. The minimum atomic E-state index is -0.0526. The highest BCUT2D eigenvalue weighted by Crippen LogP contribution is 2.33. The number of carbonyl (C=O) groups excluding carboxylic acids is 1. The van der Waals surface area contributed by atoms with Crippen LogP contribution < -0.4 is 4.74 Å². The number of fused-ring (bicyclic) bond motifs is 1. The van der Waals surface area contributed by atoms with Crippen LogP contribution in [0.1, 0.15) is 50.8 Å². The van der Waals surface area contributed by atoms with Crippen molar-refractivity contribution in [1.29, 1.82) is 0 Å². The van der Waals surface area contributed by atoms with Gasteiger partial charge in [0.1, 0.15) is 17.1 Å². The van der Waals surface area contributed by atoms with Crippen LogP contribution in [0, 0.1) is 0 Å². The van der Waals surface area contributed by atoms with Crippen LogP contribution in [-0.2, 0) is 5.41 Å². The number of benzene rings is 1. The molecule has 0 saturated heterocycles. The zero-order valence-corrected chi connectivity index (χ0v) is 15.5. The molecule has 0 spiro atoms. The summed E-state index contributed by atoms with van der Waals surface area (Å²) in [6.45, 7) is 10.4. The van der Waals surface area contributed by atoms with E-state index in [1.807, 2.05) is 42.5 Å². The smallest absolute Gasteiger partial charge is 0.195 e. The molecule has 0 atom stereocenters. The molecule has 4 nitrogen and oxygen atoms in total. The molecule has 3 aromatic rings. The third-order valence-corrected chi connectivity index (χ3v) is 4.60. The molecule has 0 aliphatic carbocycles. The molecule has 5 heteroatoms. The molecule has 0 radical (unpaired) electrons. The first-order valence-corrected chi connectivity index (χ1v) is 8.92. The third-order valence-electron chi connectivity index (χ3n) is 3.78. The van der Waals surface area contributed by atoms with Gasteiger partial charge in [-0.2, -0.15) is 0 Å². The van der Waals surface area contributed by atoms with Crippen molar-refractivity contribution in [3.05, 3.63) is 41.0 Å². The number of hydrogen-bond donors (Lipinski definition) is 0. The van der Waals surface area contributed by atoms with Crippen molar-refractivity contribution >= 4 is 22.6 Å². The lowest BCUT2D eigenvalue weighted by Crippen LogP contribution is -2.15. The molecule has 0 aliphatic rings. The molecule has 0 N–H and O–H groups in total. The first kappa shape index (κ1) is 16.7. The number of thiazole rings is 1. The minimum Gasteiger partial charge on any atom is -0.491 e. The van der Waals surface area contributed by atoms with Crippen LogP contribution in [0.15, 0.2) is 29.6 Å². The molecule has 3 rings (SSSR count). The predicted molar refractivity (Wildman–Crippen MR) is 98.4 cm³/mol. The Balaban J connectivity index is 2.10. The molecular weight excluding hydrogens is 320 g/mol. The van der Waals surface area contributed by atoms with Gasteiger partial charge in [0.25, 0.3) is 0 Å². The Labute approximate surface area is 146 Å². The van der Waals surface area contributed by atoms with Gasteiger partial charge in [0.15, 0.2) is 11.2 Å². The second kappa shape index (κ2) is 6.06. The second-order valence-corrected chi connectivity index (χ2v) is 7.98. The second-order valence-electron chi connectivity index (χ2n) is 7.14. The summed E-state index contributed by atoms with van der Waals surface area (Å²) in [4.78, 5) is 17.3. The van der Waals surface area contributed by atoms with Gasteiger partial charge < -0.3 is 4.74 Å². The molecule has 2 aromatic heterocycles. The molecule has 24 heavy (non-hydrogen) atoms. The molecule has 1 aromatic carbocycles. The summed E-state index contributed by atoms with van der Waals surface area (Å²) in [5.74, 6) is 0.817. The van der Waals surface area contributed by atoms with E-state index in [1.54, 1.807) is 11.3 Å². The lowest BCUT2D eigenvalue weighted by Gasteiger charge is -2.17. The Morgan fingerprint density at radius 1 is 1.21 bits per heavy atom. The Hall–Kier alpha value is -2.14. The van der Waals surface area contributed by atoms with E-state index in [-0.39, 0.29) is 11.5 Å². The number of aldehydes is 1. The number of hydrogen-bond acceptors (Lipinski definition) is 4. The van der Waals surface area contributed by atoms with Gasteiger partial charge in [-0.15, -0.1) is 11.3 Å². The van der Waals surface area contributed by atoms with Crippen LogP contribution in [0.3, 0.4) is 0 Å². The van der Waals surface area contributed by atoms with E-state index in [9.17, 15) is 4.79 Å². The molecule has 0 amide bonds. The number of carbonyl (C=O) groups is 1. The quantitative estimate of drug-likeness (QED) is 0.629. The lowest BCUT2D eigenvalue weighted by atomic mass is 9.93. The highest BCUT2D eigenvalue weighted by Gasteiger charge is 2.24. The summed E-state index contributed by atoms with van der Waals surface area (Å²) in [5, 5.41) is 2.08. The van der Waals surface area contributed by atoms with Crippen LogP contribution in [0.4, 0.5) is 0 Å². The zero-order valence-electron chi connectivity index (χ0n) is 14.7. The molecular formula is C19H22N2O2S.